The van der Waals surface area contributed by atoms with Crippen LogP contribution in [0.2, 0.25) is 0 Å². The van der Waals surface area contributed by atoms with Gasteiger partial charge in [0.05, 0.1) is 6.04 Å². The number of piperidine rings is 1. The van der Waals surface area contributed by atoms with E-state index in [-0.39, 0.29) is 24.4 Å². The SMILES string of the molecule is Cc1cccc(NC(=O)C2CCCCN2)c1.Cl. The molecule has 1 aliphatic rings. The molecule has 1 heterocycles. The van der Waals surface area contributed by atoms with Gasteiger partial charge in [-0.15, -0.1) is 12.4 Å². The predicted octanol–water partition coefficient (Wildman–Crippen LogP) is 2.50. The van der Waals surface area contributed by atoms with E-state index in [1.54, 1.807) is 0 Å². The minimum Gasteiger partial charge on any atom is -0.325 e. The lowest BCUT2D eigenvalue weighted by atomic mass is 10.0. The van der Waals surface area contributed by atoms with Gasteiger partial charge in [-0.3, -0.25) is 4.79 Å². The molecule has 1 fully saturated rings. The van der Waals surface area contributed by atoms with Crippen molar-refractivity contribution < 1.29 is 4.79 Å². The summed E-state index contributed by atoms with van der Waals surface area (Å²) in [7, 11) is 0. The van der Waals surface area contributed by atoms with Gasteiger partial charge in [-0.2, -0.15) is 0 Å². The number of anilines is 1. The number of aryl methyl sites for hydroxylation is 1. The van der Waals surface area contributed by atoms with Crippen LogP contribution in [0.15, 0.2) is 24.3 Å². The Hall–Kier alpha value is -1.06. The molecule has 1 unspecified atom stereocenters. The van der Waals surface area contributed by atoms with Crippen LogP contribution in [0.1, 0.15) is 24.8 Å². The van der Waals surface area contributed by atoms with Crippen molar-refractivity contribution in [3.05, 3.63) is 29.8 Å². The number of hydrogen-bond donors (Lipinski definition) is 2. The average Bonchev–Trinajstić information content (AvgIpc) is 2.30. The fourth-order valence-corrected chi connectivity index (χ4v) is 2.03. The molecule has 1 aromatic carbocycles. The number of carbonyl (C=O) groups excluding carboxylic acids is 1. The molecule has 2 N–H and O–H groups in total. The summed E-state index contributed by atoms with van der Waals surface area (Å²) in [5.41, 5.74) is 2.05. The zero-order valence-electron chi connectivity index (χ0n) is 10.0. The molecule has 94 valence electrons. The van der Waals surface area contributed by atoms with Gasteiger partial charge in [-0.25, -0.2) is 0 Å². The molecule has 0 saturated carbocycles. The first kappa shape index (κ1) is 14.0. The third kappa shape index (κ3) is 4.02. The predicted molar refractivity (Wildman–Crippen MR) is 72.7 cm³/mol. The Morgan fingerprint density at radius 2 is 2.24 bits per heavy atom. The summed E-state index contributed by atoms with van der Waals surface area (Å²) in [6.45, 7) is 2.97. The van der Waals surface area contributed by atoms with Crippen molar-refractivity contribution in [1.82, 2.24) is 5.32 Å². The van der Waals surface area contributed by atoms with E-state index in [1.807, 2.05) is 31.2 Å². The van der Waals surface area contributed by atoms with Gasteiger partial charge in [0.2, 0.25) is 5.91 Å². The first-order valence-corrected chi connectivity index (χ1v) is 5.86. The van der Waals surface area contributed by atoms with Crippen molar-refractivity contribution >= 4 is 24.0 Å². The lowest BCUT2D eigenvalue weighted by molar-refractivity contribution is -0.118. The van der Waals surface area contributed by atoms with Gasteiger partial charge in [-0.05, 0) is 44.0 Å². The lowest BCUT2D eigenvalue weighted by Crippen LogP contribution is -2.43. The highest BCUT2D eigenvalue weighted by atomic mass is 35.5. The second kappa shape index (κ2) is 6.62. The molecule has 0 spiro atoms. The number of hydrogen-bond acceptors (Lipinski definition) is 2. The zero-order valence-corrected chi connectivity index (χ0v) is 10.8. The van der Waals surface area contributed by atoms with Crippen LogP contribution >= 0.6 is 12.4 Å². The molecule has 1 atom stereocenters. The summed E-state index contributed by atoms with van der Waals surface area (Å²) in [5.74, 6) is 0.0882. The van der Waals surface area contributed by atoms with E-state index in [1.165, 1.54) is 6.42 Å². The van der Waals surface area contributed by atoms with Crippen molar-refractivity contribution in [1.29, 1.82) is 0 Å². The zero-order chi connectivity index (χ0) is 11.4. The van der Waals surface area contributed by atoms with E-state index < -0.39 is 0 Å². The Morgan fingerprint density at radius 3 is 2.88 bits per heavy atom. The molecular weight excluding hydrogens is 236 g/mol. The molecule has 17 heavy (non-hydrogen) atoms. The van der Waals surface area contributed by atoms with Crippen LogP contribution < -0.4 is 10.6 Å². The summed E-state index contributed by atoms with van der Waals surface area (Å²) in [5, 5.41) is 6.19. The van der Waals surface area contributed by atoms with Gasteiger partial charge < -0.3 is 10.6 Å². The van der Waals surface area contributed by atoms with Crippen LogP contribution in [-0.4, -0.2) is 18.5 Å². The Morgan fingerprint density at radius 1 is 1.41 bits per heavy atom. The van der Waals surface area contributed by atoms with Gasteiger partial charge in [0.25, 0.3) is 0 Å². The third-order valence-corrected chi connectivity index (χ3v) is 2.91. The Kier molecular flexibility index (Phi) is 5.45. The number of halogens is 1. The number of carbonyl (C=O) groups is 1. The third-order valence-electron chi connectivity index (χ3n) is 2.91. The van der Waals surface area contributed by atoms with Crippen LogP contribution in [0, 0.1) is 6.92 Å². The molecule has 0 aromatic heterocycles. The van der Waals surface area contributed by atoms with Crippen molar-refractivity contribution in [3.63, 3.8) is 0 Å². The van der Waals surface area contributed by atoms with Crippen molar-refractivity contribution in [2.24, 2.45) is 0 Å². The molecule has 0 bridgehead atoms. The number of amides is 1. The Balaban J connectivity index is 0.00000144. The molecule has 0 aliphatic carbocycles. The summed E-state index contributed by atoms with van der Waals surface area (Å²) in [6, 6.07) is 7.87. The fraction of sp³-hybridized carbons (Fsp3) is 0.462. The van der Waals surface area contributed by atoms with Crippen LogP contribution in [0.4, 0.5) is 5.69 Å². The van der Waals surface area contributed by atoms with Crippen LogP contribution in [-0.2, 0) is 4.79 Å². The average molecular weight is 255 g/mol. The number of benzene rings is 1. The van der Waals surface area contributed by atoms with E-state index in [0.29, 0.717) is 0 Å². The van der Waals surface area contributed by atoms with Gasteiger partial charge in [0.1, 0.15) is 0 Å². The fourth-order valence-electron chi connectivity index (χ4n) is 2.03. The second-order valence-corrected chi connectivity index (χ2v) is 4.36. The minimum atomic E-state index is -0.0192. The molecule has 1 aromatic rings. The first-order chi connectivity index (χ1) is 7.75. The Bertz CT molecular complexity index is 375. The van der Waals surface area contributed by atoms with Crippen LogP contribution in [0.3, 0.4) is 0 Å². The lowest BCUT2D eigenvalue weighted by Gasteiger charge is -2.22. The molecule has 3 nitrogen and oxygen atoms in total. The molecule has 1 aliphatic heterocycles. The van der Waals surface area contributed by atoms with Gasteiger partial charge in [0, 0.05) is 5.69 Å². The molecule has 1 saturated heterocycles. The highest BCUT2D eigenvalue weighted by Crippen LogP contribution is 2.12. The highest BCUT2D eigenvalue weighted by molar-refractivity contribution is 5.94. The minimum absolute atomic E-state index is 0. The van der Waals surface area contributed by atoms with Crippen molar-refractivity contribution in [3.8, 4) is 0 Å². The molecule has 0 radical (unpaired) electrons. The standard InChI is InChI=1S/C13H18N2O.ClH/c1-10-5-4-6-11(9-10)15-13(16)12-7-2-3-8-14-12;/h4-6,9,12,14H,2-3,7-8H2,1H3,(H,15,16);1H. The Labute approximate surface area is 108 Å². The molecule has 1 amide bonds. The molecular formula is C13H19ClN2O. The van der Waals surface area contributed by atoms with Crippen LogP contribution in [0.25, 0.3) is 0 Å². The number of nitrogens with one attached hydrogen (secondary N) is 2. The molecule has 4 heteroatoms. The first-order valence-electron chi connectivity index (χ1n) is 5.86. The maximum absolute atomic E-state index is 11.9. The summed E-state index contributed by atoms with van der Waals surface area (Å²) >= 11 is 0. The van der Waals surface area contributed by atoms with E-state index in [9.17, 15) is 4.79 Å². The quantitative estimate of drug-likeness (QED) is 0.852. The van der Waals surface area contributed by atoms with Gasteiger partial charge in [-0.1, -0.05) is 18.6 Å². The smallest absolute Gasteiger partial charge is 0.241 e. The normalized spacial score (nSPS) is 19.2. The van der Waals surface area contributed by atoms with Gasteiger partial charge in [0.15, 0.2) is 0 Å². The van der Waals surface area contributed by atoms with Crippen molar-refractivity contribution in [2.75, 3.05) is 11.9 Å². The summed E-state index contributed by atoms with van der Waals surface area (Å²) < 4.78 is 0. The maximum atomic E-state index is 11.9. The number of rotatable bonds is 2. The summed E-state index contributed by atoms with van der Waals surface area (Å²) in [6.07, 6.45) is 3.25. The molecule has 2 rings (SSSR count). The van der Waals surface area contributed by atoms with E-state index >= 15 is 0 Å². The largest absolute Gasteiger partial charge is 0.325 e. The van der Waals surface area contributed by atoms with Crippen molar-refractivity contribution in [2.45, 2.75) is 32.2 Å². The monoisotopic (exact) mass is 254 g/mol. The van der Waals surface area contributed by atoms with E-state index in [4.69, 9.17) is 0 Å². The highest BCUT2D eigenvalue weighted by Gasteiger charge is 2.20. The van der Waals surface area contributed by atoms with E-state index in [2.05, 4.69) is 10.6 Å². The van der Waals surface area contributed by atoms with E-state index in [0.717, 1.165) is 30.6 Å². The maximum Gasteiger partial charge on any atom is 0.241 e. The van der Waals surface area contributed by atoms with Crippen LogP contribution in [0.5, 0.6) is 0 Å². The summed E-state index contributed by atoms with van der Waals surface area (Å²) in [4.78, 5) is 11.9. The van der Waals surface area contributed by atoms with Gasteiger partial charge >= 0.3 is 0 Å². The topological polar surface area (TPSA) is 41.1 Å². The second-order valence-electron chi connectivity index (χ2n) is 4.36.